The molecule has 2 rings (SSSR count). The summed E-state index contributed by atoms with van der Waals surface area (Å²) in [5.41, 5.74) is 8.22. The number of methoxy groups -OCH3 is 1. The van der Waals surface area contributed by atoms with E-state index in [1.807, 2.05) is 13.0 Å². The molecule has 4 heteroatoms. The second-order valence-corrected chi connectivity index (χ2v) is 5.23. The first kappa shape index (κ1) is 13.2. The maximum absolute atomic E-state index is 5.85. The Labute approximate surface area is 116 Å². The Kier molecular flexibility index (Phi) is 4.09. The standard InChI is InChI=1S/C14H17BrN2O/c1-10(16)12-5-6-17(9-12)8-11-3-4-14(18-2)13(15)7-11/h3-7,9-10H,8,16H2,1-2H3. The van der Waals surface area contributed by atoms with Gasteiger partial charge in [0.15, 0.2) is 0 Å². The highest BCUT2D eigenvalue weighted by molar-refractivity contribution is 9.10. The van der Waals surface area contributed by atoms with E-state index in [1.165, 1.54) is 5.56 Å². The molecule has 0 amide bonds. The van der Waals surface area contributed by atoms with Gasteiger partial charge >= 0.3 is 0 Å². The van der Waals surface area contributed by atoms with E-state index < -0.39 is 0 Å². The SMILES string of the molecule is COc1ccc(Cn2ccc(C(C)N)c2)cc1Br. The van der Waals surface area contributed by atoms with E-state index in [0.29, 0.717) is 0 Å². The molecular formula is C14H17BrN2O. The molecule has 18 heavy (non-hydrogen) atoms. The molecule has 1 atom stereocenters. The van der Waals surface area contributed by atoms with Crippen LogP contribution in [0.4, 0.5) is 0 Å². The Morgan fingerprint density at radius 1 is 1.39 bits per heavy atom. The average Bonchev–Trinajstić information content (AvgIpc) is 2.78. The molecule has 0 bridgehead atoms. The van der Waals surface area contributed by atoms with E-state index in [2.05, 4.69) is 51.1 Å². The highest BCUT2D eigenvalue weighted by atomic mass is 79.9. The monoisotopic (exact) mass is 308 g/mol. The van der Waals surface area contributed by atoms with Gasteiger partial charge in [0.05, 0.1) is 11.6 Å². The van der Waals surface area contributed by atoms with Gasteiger partial charge in [-0.25, -0.2) is 0 Å². The topological polar surface area (TPSA) is 40.2 Å². The molecule has 2 N–H and O–H groups in total. The summed E-state index contributed by atoms with van der Waals surface area (Å²) in [4.78, 5) is 0. The van der Waals surface area contributed by atoms with Crippen molar-refractivity contribution < 1.29 is 4.74 Å². The van der Waals surface area contributed by atoms with Crippen LogP contribution in [0.3, 0.4) is 0 Å². The van der Waals surface area contributed by atoms with E-state index in [-0.39, 0.29) is 6.04 Å². The van der Waals surface area contributed by atoms with Crippen molar-refractivity contribution >= 4 is 15.9 Å². The number of hydrogen-bond donors (Lipinski definition) is 1. The highest BCUT2D eigenvalue weighted by Gasteiger charge is 2.04. The summed E-state index contributed by atoms with van der Waals surface area (Å²) in [6.07, 6.45) is 4.14. The molecule has 3 nitrogen and oxygen atoms in total. The van der Waals surface area contributed by atoms with Gasteiger partial charge in [0.1, 0.15) is 5.75 Å². The summed E-state index contributed by atoms with van der Waals surface area (Å²) in [6.45, 7) is 2.82. The molecule has 1 aromatic heterocycles. The lowest BCUT2D eigenvalue weighted by atomic mass is 10.2. The van der Waals surface area contributed by atoms with E-state index >= 15 is 0 Å². The number of rotatable bonds is 4. The number of nitrogens with two attached hydrogens (primary N) is 1. The molecule has 0 aliphatic carbocycles. The Morgan fingerprint density at radius 3 is 2.72 bits per heavy atom. The van der Waals surface area contributed by atoms with Crippen molar-refractivity contribution in [2.75, 3.05) is 7.11 Å². The lowest BCUT2D eigenvalue weighted by molar-refractivity contribution is 0.412. The summed E-state index contributed by atoms with van der Waals surface area (Å²) in [6, 6.07) is 8.24. The lowest BCUT2D eigenvalue weighted by Gasteiger charge is -2.07. The fraction of sp³-hybridized carbons (Fsp3) is 0.286. The maximum atomic E-state index is 5.85. The Bertz CT molecular complexity index is 534. The number of aromatic nitrogens is 1. The van der Waals surface area contributed by atoms with Crippen LogP contribution >= 0.6 is 15.9 Å². The van der Waals surface area contributed by atoms with Crippen LogP contribution in [-0.2, 0) is 6.54 Å². The molecule has 1 heterocycles. The molecule has 96 valence electrons. The zero-order valence-electron chi connectivity index (χ0n) is 10.6. The van der Waals surface area contributed by atoms with Crippen LogP contribution in [0.15, 0.2) is 41.1 Å². The zero-order valence-corrected chi connectivity index (χ0v) is 12.1. The van der Waals surface area contributed by atoms with E-state index in [1.54, 1.807) is 7.11 Å². The average molecular weight is 309 g/mol. The molecular weight excluding hydrogens is 292 g/mol. The molecule has 0 aliphatic heterocycles. The molecule has 1 aromatic carbocycles. The van der Waals surface area contributed by atoms with Crippen LogP contribution in [-0.4, -0.2) is 11.7 Å². The molecule has 2 aromatic rings. The van der Waals surface area contributed by atoms with Crippen LogP contribution in [0.2, 0.25) is 0 Å². The van der Waals surface area contributed by atoms with Gasteiger partial charge < -0.3 is 15.0 Å². The highest BCUT2D eigenvalue weighted by Crippen LogP contribution is 2.26. The minimum Gasteiger partial charge on any atom is -0.496 e. The second kappa shape index (κ2) is 5.59. The summed E-state index contributed by atoms with van der Waals surface area (Å²) in [5.74, 6) is 0.850. The normalized spacial score (nSPS) is 12.4. The minimum atomic E-state index is 0.0776. The number of ether oxygens (including phenoxy) is 1. The zero-order chi connectivity index (χ0) is 13.1. The summed E-state index contributed by atoms with van der Waals surface area (Å²) in [7, 11) is 1.67. The Morgan fingerprint density at radius 2 is 2.17 bits per heavy atom. The van der Waals surface area contributed by atoms with Crippen molar-refractivity contribution in [2.24, 2.45) is 5.73 Å². The van der Waals surface area contributed by atoms with Gasteiger partial charge in [0, 0.05) is 25.0 Å². The predicted octanol–water partition coefficient (Wildman–Crippen LogP) is 3.33. The third kappa shape index (κ3) is 2.94. The van der Waals surface area contributed by atoms with Crippen LogP contribution in [0.1, 0.15) is 24.1 Å². The fourth-order valence-electron chi connectivity index (χ4n) is 1.85. The van der Waals surface area contributed by atoms with E-state index in [4.69, 9.17) is 10.5 Å². The van der Waals surface area contributed by atoms with Crippen molar-refractivity contribution in [3.63, 3.8) is 0 Å². The van der Waals surface area contributed by atoms with Crippen molar-refractivity contribution in [2.45, 2.75) is 19.5 Å². The first-order chi connectivity index (χ1) is 8.60. The summed E-state index contributed by atoms with van der Waals surface area (Å²) in [5, 5.41) is 0. The third-order valence-electron chi connectivity index (χ3n) is 2.88. The second-order valence-electron chi connectivity index (χ2n) is 4.37. The molecule has 1 unspecified atom stereocenters. The van der Waals surface area contributed by atoms with Gasteiger partial charge in [-0.1, -0.05) is 6.07 Å². The summed E-state index contributed by atoms with van der Waals surface area (Å²) >= 11 is 3.49. The van der Waals surface area contributed by atoms with Gasteiger partial charge in [-0.15, -0.1) is 0 Å². The first-order valence-electron chi connectivity index (χ1n) is 5.84. The maximum Gasteiger partial charge on any atom is 0.133 e. The van der Waals surface area contributed by atoms with Gasteiger partial charge in [-0.05, 0) is 52.2 Å². The minimum absolute atomic E-state index is 0.0776. The van der Waals surface area contributed by atoms with Crippen molar-refractivity contribution in [3.05, 3.63) is 52.3 Å². The van der Waals surface area contributed by atoms with Gasteiger partial charge in [0.25, 0.3) is 0 Å². The molecule has 0 aliphatic rings. The largest absolute Gasteiger partial charge is 0.496 e. The van der Waals surface area contributed by atoms with Gasteiger partial charge in [-0.3, -0.25) is 0 Å². The molecule has 0 fully saturated rings. The predicted molar refractivity (Wildman–Crippen MR) is 76.8 cm³/mol. The third-order valence-corrected chi connectivity index (χ3v) is 3.50. The van der Waals surface area contributed by atoms with Crippen LogP contribution in [0.25, 0.3) is 0 Å². The number of hydrogen-bond acceptors (Lipinski definition) is 2. The number of halogens is 1. The Balaban J connectivity index is 2.15. The number of benzene rings is 1. The van der Waals surface area contributed by atoms with E-state index in [0.717, 1.165) is 22.3 Å². The van der Waals surface area contributed by atoms with E-state index in [9.17, 15) is 0 Å². The molecule has 0 saturated carbocycles. The fourth-order valence-corrected chi connectivity index (χ4v) is 2.43. The van der Waals surface area contributed by atoms with Crippen LogP contribution < -0.4 is 10.5 Å². The van der Waals surface area contributed by atoms with Crippen LogP contribution in [0, 0.1) is 0 Å². The first-order valence-corrected chi connectivity index (χ1v) is 6.63. The van der Waals surface area contributed by atoms with Gasteiger partial charge in [0.2, 0.25) is 0 Å². The van der Waals surface area contributed by atoms with Crippen molar-refractivity contribution in [1.29, 1.82) is 0 Å². The molecule has 0 saturated heterocycles. The Hall–Kier alpha value is -1.26. The molecule has 0 radical (unpaired) electrons. The van der Waals surface area contributed by atoms with Crippen molar-refractivity contribution in [3.8, 4) is 5.75 Å². The quantitative estimate of drug-likeness (QED) is 0.941. The van der Waals surface area contributed by atoms with Gasteiger partial charge in [-0.2, -0.15) is 0 Å². The van der Waals surface area contributed by atoms with Crippen molar-refractivity contribution in [1.82, 2.24) is 4.57 Å². The lowest BCUT2D eigenvalue weighted by Crippen LogP contribution is -2.04. The smallest absolute Gasteiger partial charge is 0.133 e. The van der Waals surface area contributed by atoms with Crippen LogP contribution in [0.5, 0.6) is 5.75 Å². The summed E-state index contributed by atoms with van der Waals surface area (Å²) < 4.78 is 8.32. The molecule has 0 spiro atoms. The number of nitrogens with zero attached hydrogens (tertiary/aromatic N) is 1.